The van der Waals surface area contributed by atoms with Crippen LogP contribution in [0, 0.1) is 6.92 Å². The molecule has 1 heterocycles. The van der Waals surface area contributed by atoms with Crippen LogP contribution in [-0.2, 0) is 6.54 Å². The van der Waals surface area contributed by atoms with Crippen molar-refractivity contribution in [2.45, 2.75) is 39.8 Å². The van der Waals surface area contributed by atoms with Gasteiger partial charge in [-0.15, -0.1) is 5.10 Å². The summed E-state index contributed by atoms with van der Waals surface area (Å²) in [5.41, 5.74) is 2.08. The minimum Gasteiger partial charge on any atom is -0.350 e. The smallest absolute Gasteiger partial charge is 0.265 e. The van der Waals surface area contributed by atoms with Gasteiger partial charge in [0, 0.05) is 18.2 Å². The van der Waals surface area contributed by atoms with Gasteiger partial charge in [-0.2, -0.15) is 0 Å². The molecule has 0 saturated heterocycles. The Morgan fingerprint density at radius 2 is 2.09 bits per heavy atom. The van der Waals surface area contributed by atoms with Crippen LogP contribution in [0.1, 0.15) is 51.6 Å². The van der Waals surface area contributed by atoms with Crippen molar-refractivity contribution in [2.75, 3.05) is 0 Å². The molecule has 0 fully saturated rings. The van der Waals surface area contributed by atoms with Gasteiger partial charge in [0.15, 0.2) is 0 Å². The van der Waals surface area contributed by atoms with Crippen molar-refractivity contribution in [3.8, 4) is 0 Å². The highest BCUT2D eigenvalue weighted by molar-refractivity contribution is 7.07. The molecule has 23 heavy (non-hydrogen) atoms. The fourth-order valence-corrected chi connectivity index (χ4v) is 2.51. The number of amides is 2. The lowest BCUT2D eigenvalue weighted by Crippen LogP contribution is -2.32. The van der Waals surface area contributed by atoms with E-state index in [9.17, 15) is 9.59 Å². The molecule has 0 aliphatic rings. The van der Waals surface area contributed by atoms with Gasteiger partial charge in [-0.05, 0) is 49.5 Å². The number of hydrogen-bond acceptors (Lipinski definition) is 5. The Labute approximate surface area is 139 Å². The highest BCUT2D eigenvalue weighted by Crippen LogP contribution is 2.10. The predicted molar refractivity (Wildman–Crippen MR) is 89.5 cm³/mol. The average Bonchev–Trinajstić information content (AvgIpc) is 2.98. The highest BCUT2D eigenvalue weighted by Gasteiger charge is 2.13. The van der Waals surface area contributed by atoms with E-state index in [1.165, 1.54) is 0 Å². The lowest BCUT2D eigenvalue weighted by Gasteiger charge is -2.12. The first-order valence-corrected chi connectivity index (χ1v) is 8.25. The summed E-state index contributed by atoms with van der Waals surface area (Å²) in [6.45, 7) is 6.08. The van der Waals surface area contributed by atoms with Crippen molar-refractivity contribution in [3.05, 3.63) is 46.0 Å². The molecule has 0 spiro atoms. The van der Waals surface area contributed by atoms with E-state index in [1.54, 1.807) is 19.1 Å². The van der Waals surface area contributed by atoms with Crippen molar-refractivity contribution in [2.24, 2.45) is 0 Å². The van der Waals surface area contributed by atoms with Crippen LogP contribution >= 0.6 is 11.5 Å². The standard InChI is InChI=1S/C16H20N4O2S/c1-4-10(2)18-15(21)13-7-5-6-12(8-13)9-17-16(22)14-11(3)19-20-23-14/h5-8,10H,4,9H2,1-3H3,(H,17,22)(H,18,21)/t10-/m1/s1. The molecular formula is C16H20N4O2S. The SMILES string of the molecule is CC[C@@H](C)NC(=O)c1cccc(CNC(=O)c2snnc2C)c1. The van der Waals surface area contributed by atoms with E-state index in [1.807, 2.05) is 26.0 Å². The Bertz CT molecular complexity index is 699. The number of rotatable bonds is 6. The van der Waals surface area contributed by atoms with Crippen molar-refractivity contribution in [1.29, 1.82) is 0 Å². The van der Waals surface area contributed by atoms with Crippen LogP contribution in [0.25, 0.3) is 0 Å². The van der Waals surface area contributed by atoms with Crippen LogP contribution in [0.15, 0.2) is 24.3 Å². The summed E-state index contributed by atoms with van der Waals surface area (Å²) in [6, 6.07) is 7.37. The van der Waals surface area contributed by atoms with Gasteiger partial charge < -0.3 is 10.6 Å². The first kappa shape index (κ1) is 17.1. The van der Waals surface area contributed by atoms with Crippen molar-refractivity contribution < 1.29 is 9.59 Å². The maximum absolute atomic E-state index is 12.1. The van der Waals surface area contributed by atoms with Crippen molar-refractivity contribution >= 4 is 23.3 Å². The lowest BCUT2D eigenvalue weighted by molar-refractivity contribution is 0.0937. The Hall–Kier alpha value is -2.28. The molecule has 0 unspecified atom stereocenters. The van der Waals surface area contributed by atoms with E-state index in [0.29, 0.717) is 22.7 Å². The molecule has 0 bridgehead atoms. The molecule has 2 amide bonds. The molecule has 2 N–H and O–H groups in total. The number of nitrogens with one attached hydrogen (secondary N) is 2. The second kappa shape index (κ2) is 7.82. The van der Waals surface area contributed by atoms with Crippen LogP contribution in [0.2, 0.25) is 0 Å². The van der Waals surface area contributed by atoms with Gasteiger partial charge in [-0.25, -0.2) is 0 Å². The molecule has 2 rings (SSSR count). The van der Waals surface area contributed by atoms with Crippen molar-refractivity contribution in [1.82, 2.24) is 20.2 Å². The van der Waals surface area contributed by atoms with Gasteiger partial charge in [0.05, 0.1) is 5.69 Å². The monoisotopic (exact) mass is 332 g/mol. The lowest BCUT2D eigenvalue weighted by atomic mass is 10.1. The molecule has 1 aromatic carbocycles. The first-order chi connectivity index (χ1) is 11.0. The second-order valence-electron chi connectivity index (χ2n) is 5.35. The highest BCUT2D eigenvalue weighted by atomic mass is 32.1. The molecule has 0 aliphatic carbocycles. The minimum atomic E-state index is -0.202. The van der Waals surface area contributed by atoms with E-state index in [2.05, 4.69) is 20.2 Å². The van der Waals surface area contributed by atoms with Gasteiger partial charge in [0.25, 0.3) is 11.8 Å². The summed E-state index contributed by atoms with van der Waals surface area (Å²) in [5.74, 6) is -0.304. The van der Waals surface area contributed by atoms with E-state index >= 15 is 0 Å². The molecule has 0 saturated carbocycles. The fraction of sp³-hybridized carbons (Fsp3) is 0.375. The quantitative estimate of drug-likeness (QED) is 0.850. The molecule has 1 atom stereocenters. The zero-order valence-electron chi connectivity index (χ0n) is 13.4. The Morgan fingerprint density at radius 1 is 1.30 bits per heavy atom. The van der Waals surface area contributed by atoms with Crippen molar-refractivity contribution in [3.63, 3.8) is 0 Å². The largest absolute Gasteiger partial charge is 0.350 e. The summed E-state index contributed by atoms with van der Waals surface area (Å²) in [5, 5.41) is 9.57. The molecule has 6 nitrogen and oxygen atoms in total. The summed E-state index contributed by atoms with van der Waals surface area (Å²) in [6.07, 6.45) is 0.879. The number of aromatic nitrogens is 2. The van der Waals surface area contributed by atoms with Crippen LogP contribution < -0.4 is 10.6 Å². The number of carbonyl (C=O) groups is 2. The van der Waals surface area contributed by atoms with Crippen LogP contribution in [0.5, 0.6) is 0 Å². The zero-order valence-corrected chi connectivity index (χ0v) is 14.2. The topological polar surface area (TPSA) is 84.0 Å². The van der Waals surface area contributed by atoms with E-state index in [0.717, 1.165) is 23.5 Å². The Balaban J connectivity index is 1.99. The summed E-state index contributed by atoms with van der Waals surface area (Å²) in [7, 11) is 0. The first-order valence-electron chi connectivity index (χ1n) is 7.48. The maximum atomic E-state index is 12.1. The third-order valence-electron chi connectivity index (χ3n) is 3.49. The Kier molecular flexibility index (Phi) is 5.81. The van der Waals surface area contributed by atoms with Crippen LogP contribution in [0.4, 0.5) is 0 Å². The summed E-state index contributed by atoms with van der Waals surface area (Å²) in [4.78, 5) is 24.7. The number of hydrogen-bond donors (Lipinski definition) is 2. The third kappa shape index (κ3) is 4.59. The molecular weight excluding hydrogens is 312 g/mol. The van der Waals surface area contributed by atoms with Gasteiger partial charge in [0.2, 0.25) is 0 Å². The minimum absolute atomic E-state index is 0.102. The Morgan fingerprint density at radius 3 is 2.74 bits per heavy atom. The fourth-order valence-electron chi connectivity index (χ4n) is 1.93. The number of carbonyl (C=O) groups excluding carboxylic acids is 2. The number of nitrogens with zero attached hydrogens (tertiary/aromatic N) is 2. The summed E-state index contributed by atoms with van der Waals surface area (Å²) < 4.78 is 3.75. The molecule has 2 aromatic rings. The number of aryl methyl sites for hydroxylation is 1. The van der Waals surface area contributed by atoms with Gasteiger partial charge in [-0.1, -0.05) is 23.5 Å². The van der Waals surface area contributed by atoms with Gasteiger partial charge >= 0.3 is 0 Å². The van der Waals surface area contributed by atoms with Crippen LogP contribution in [0.3, 0.4) is 0 Å². The molecule has 0 aliphatic heterocycles. The van der Waals surface area contributed by atoms with E-state index in [-0.39, 0.29) is 17.9 Å². The maximum Gasteiger partial charge on any atom is 0.265 e. The summed E-state index contributed by atoms with van der Waals surface area (Å²) >= 11 is 1.07. The number of benzene rings is 1. The third-order valence-corrected chi connectivity index (χ3v) is 4.32. The molecule has 7 heteroatoms. The van der Waals surface area contributed by atoms with E-state index in [4.69, 9.17) is 0 Å². The average molecular weight is 332 g/mol. The van der Waals surface area contributed by atoms with Gasteiger partial charge in [0.1, 0.15) is 4.88 Å². The van der Waals surface area contributed by atoms with Crippen LogP contribution in [-0.4, -0.2) is 27.4 Å². The van der Waals surface area contributed by atoms with Gasteiger partial charge in [-0.3, -0.25) is 9.59 Å². The second-order valence-corrected chi connectivity index (χ2v) is 6.11. The zero-order chi connectivity index (χ0) is 16.8. The molecule has 1 aromatic heterocycles. The normalized spacial score (nSPS) is 11.8. The molecule has 0 radical (unpaired) electrons. The molecule has 122 valence electrons. The predicted octanol–water partition coefficient (Wildman–Crippen LogP) is 2.30. The van der Waals surface area contributed by atoms with E-state index < -0.39 is 0 Å².